The normalized spacial score (nSPS) is 15.9. The minimum atomic E-state index is -0.544. The van der Waals surface area contributed by atoms with Crippen molar-refractivity contribution in [2.45, 2.75) is 32.2 Å². The number of hydroxylamine groups is 1. The summed E-state index contributed by atoms with van der Waals surface area (Å²) in [5.74, 6) is -0.755. The molecule has 1 unspecified atom stereocenters. The minimum Gasteiger partial charge on any atom is -0.358 e. The van der Waals surface area contributed by atoms with Crippen molar-refractivity contribution in [2.75, 3.05) is 6.54 Å². The summed E-state index contributed by atoms with van der Waals surface area (Å²) in [4.78, 5) is 14.5. The van der Waals surface area contributed by atoms with Gasteiger partial charge in [-0.2, -0.15) is 0 Å². The topological polar surface area (TPSA) is 77.2 Å². The van der Waals surface area contributed by atoms with Crippen molar-refractivity contribution < 1.29 is 14.4 Å². The number of hydrogen-bond donors (Lipinski definition) is 4. The number of nitrogens with one attached hydrogen (secondary N) is 3. The largest absolute Gasteiger partial charge is 0.358 e. The van der Waals surface area contributed by atoms with Gasteiger partial charge in [-0.1, -0.05) is 18.2 Å². The fraction of sp³-hybridized carbons (Fsp3) is 0.261. The van der Waals surface area contributed by atoms with Gasteiger partial charge in [0.1, 0.15) is 5.82 Å². The van der Waals surface area contributed by atoms with E-state index in [-0.39, 0.29) is 5.82 Å². The Bertz CT molecular complexity index is 1090. The standard InChI is InChI=1S/C23H24FN3O2/c1-14-18(20-13-17(24)5-8-22(20)26-14)10-11-25-21-7-4-16-12-15(2-6-19(16)21)3-9-23(28)27-29/h2-3,5-6,8-9,12-13,21,25-26,29H,4,7,10-11H2,1H3,(H,27,28). The van der Waals surface area contributed by atoms with Gasteiger partial charge in [-0.25, -0.2) is 9.87 Å². The molecule has 0 fully saturated rings. The lowest BCUT2D eigenvalue weighted by atomic mass is 10.0. The third-order valence-corrected chi connectivity index (χ3v) is 5.63. The molecular weight excluding hydrogens is 369 g/mol. The van der Waals surface area contributed by atoms with E-state index in [2.05, 4.69) is 22.4 Å². The van der Waals surface area contributed by atoms with E-state index in [1.165, 1.54) is 23.3 Å². The predicted molar refractivity (Wildman–Crippen MR) is 111 cm³/mol. The molecule has 0 saturated heterocycles. The van der Waals surface area contributed by atoms with Crippen LogP contribution in [0.3, 0.4) is 0 Å². The van der Waals surface area contributed by atoms with Crippen LogP contribution in [-0.4, -0.2) is 22.6 Å². The average Bonchev–Trinajstić information content (AvgIpc) is 3.26. The highest BCUT2D eigenvalue weighted by atomic mass is 19.1. The first-order valence-corrected chi connectivity index (χ1v) is 9.80. The third kappa shape index (κ3) is 4.09. The van der Waals surface area contributed by atoms with Gasteiger partial charge in [0.15, 0.2) is 0 Å². The number of aromatic amines is 1. The smallest absolute Gasteiger partial charge is 0.267 e. The lowest BCUT2D eigenvalue weighted by Gasteiger charge is -2.14. The summed E-state index contributed by atoms with van der Waals surface area (Å²) in [6.45, 7) is 2.84. The zero-order valence-electron chi connectivity index (χ0n) is 16.3. The van der Waals surface area contributed by atoms with E-state index >= 15 is 0 Å². The quantitative estimate of drug-likeness (QED) is 0.291. The molecule has 150 valence electrons. The van der Waals surface area contributed by atoms with Gasteiger partial charge in [0.2, 0.25) is 0 Å². The first-order valence-electron chi connectivity index (χ1n) is 9.80. The molecular formula is C23H24FN3O2. The van der Waals surface area contributed by atoms with E-state index in [9.17, 15) is 9.18 Å². The maximum absolute atomic E-state index is 13.6. The van der Waals surface area contributed by atoms with E-state index in [0.717, 1.165) is 53.5 Å². The Kier molecular flexibility index (Phi) is 5.47. The number of rotatable bonds is 6. The molecule has 6 heteroatoms. The minimum absolute atomic E-state index is 0.211. The Balaban J connectivity index is 1.42. The van der Waals surface area contributed by atoms with Crippen LogP contribution >= 0.6 is 0 Å². The number of H-pyrrole nitrogens is 1. The van der Waals surface area contributed by atoms with E-state index in [0.29, 0.717) is 6.04 Å². The third-order valence-electron chi connectivity index (χ3n) is 5.63. The van der Waals surface area contributed by atoms with Crippen molar-refractivity contribution in [2.24, 2.45) is 0 Å². The van der Waals surface area contributed by atoms with Crippen LogP contribution in [0.4, 0.5) is 4.39 Å². The SMILES string of the molecule is Cc1[nH]c2ccc(F)cc2c1CCNC1CCc2cc(C=CC(=O)NO)ccc21. The highest BCUT2D eigenvalue weighted by Crippen LogP contribution is 2.32. The second kappa shape index (κ2) is 8.19. The number of amides is 1. The van der Waals surface area contributed by atoms with Crippen LogP contribution in [0, 0.1) is 12.7 Å². The van der Waals surface area contributed by atoms with E-state index in [1.807, 2.05) is 13.0 Å². The molecule has 1 amide bonds. The Hall–Kier alpha value is -2.96. The molecule has 1 aliphatic carbocycles. The van der Waals surface area contributed by atoms with Crippen LogP contribution in [-0.2, 0) is 17.6 Å². The summed E-state index contributed by atoms with van der Waals surface area (Å²) in [6.07, 6.45) is 5.84. The summed E-state index contributed by atoms with van der Waals surface area (Å²) in [5, 5.41) is 13.2. The Morgan fingerprint density at radius 3 is 3.00 bits per heavy atom. The zero-order chi connectivity index (χ0) is 20.4. The molecule has 3 aromatic rings. The highest BCUT2D eigenvalue weighted by Gasteiger charge is 2.22. The molecule has 29 heavy (non-hydrogen) atoms. The van der Waals surface area contributed by atoms with Crippen LogP contribution in [0.25, 0.3) is 17.0 Å². The average molecular weight is 393 g/mol. The van der Waals surface area contributed by atoms with Gasteiger partial charge in [0, 0.05) is 28.7 Å². The first-order chi connectivity index (χ1) is 14.0. The zero-order valence-corrected chi connectivity index (χ0v) is 16.3. The summed E-state index contributed by atoms with van der Waals surface area (Å²) >= 11 is 0. The predicted octanol–water partition coefficient (Wildman–Crippen LogP) is 3.95. The number of benzene rings is 2. The van der Waals surface area contributed by atoms with Crippen molar-refractivity contribution in [1.82, 2.24) is 15.8 Å². The van der Waals surface area contributed by atoms with E-state index in [1.54, 1.807) is 23.7 Å². The van der Waals surface area contributed by atoms with E-state index in [4.69, 9.17) is 5.21 Å². The van der Waals surface area contributed by atoms with Crippen LogP contribution in [0.1, 0.15) is 40.4 Å². The summed E-state index contributed by atoms with van der Waals surface area (Å²) < 4.78 is 13.6. The van der Waals surface area contributed by atoms with Gasteiger partial charge < -0.3 is 10.3 Å². The maximum Gasteiger partial charge on any atom is 0.267 e. The number of halogens is 1. The molecule has 1 heterocycles. The number of aromatic nitrogens is 1. The van der Waals surface area contributed by atoms with Crippen LogP contribution < -0.4 is 10.8 Å². The van der Waals surface area contributed by atoms with Crippen molar-refractivity contribution >= 4 is 22.9 Å². The number of fused-ring (bicyclic) bond motifs is 2. The van der Waals surface area contributed by atoms with Crippen LogP contribution in [0.15, 0.2) is 42.5 Å². The molecule has 0 bridgehead atoms. The second-order valence-corrected chi connectivity index (χ2v) is 7.48. The first kappa shape index (κ1) is 19.4. The van der Waals surface area contributed by atoms with Crippen LogP contribution in [0.2, 0.25) is 0 Å². The van der Waals surface area contributed by atoms with Crippen molar-refractivity contribution in [1.29, 1.82) is 0 Å². The monoisotopic (exact) mass is 393 g/mol. The Morgan fingerprint density at radius 2 is 2.17 bits per heavy atom. The van der Waals surface area contributed by atoms with Gasteiger partial charge in [0.05, 0.1) is 0 Å². The molecule has 1 aliphatic rings. The molecule has 0 radical (unpaired) electrons. The van der Waals surface area contributed by atoms with Gasteiger partial charge in [-0.3, -0.25) is 10.0 Å². The van der Waals surface area contributed by atoms with Gasteiger partial charge >= 0.3 is 0 Å². The number of aryl methyl sites for hydroxylation is 2. The number of carbonyl (C=O) groups is 1. The maximum atomic E-state index is 13.6. The molecule has 0 spiro atoms. The van der Waals surface area contributed by atoms with Gasteiger partial charge in [0.25, 0.3) is 5.91 Å². The molecule has 5 nitrogen and oxygen atoms in total. The lowest BCUT2D eigenvalue weighted by molar-refractivity contribution is -0.124. The van der Waals surface area contributed by atoms with E-state index < -0.39 is 5.91 Å². The van der Waals surface area contributed by atoms with Crippen molar-refractivity contribution in [3.63, 3.8) is 0 Å². The molecule has 2 aromatic carbocycles. The lowest BCUT2D eigenvalue weighted by Crippen LogP contribution is -2.22. The summed E-state index contributed by atoms with van der Waals surface area (Å²) in [7, 11) is 0. The fourth-order valence-electron chi connectivity index (χ4n) is 4.21. The number of hydrogen-bond acceptors (Lipinski definition) is 3. The highest BCUT2D eigenvalue weighted by molar-refractivity contribution is 5.90. The van der Waals surface area contributed by atoms with Crippen molar-refractivity contribution in [3.8, 4) is 0 Å². The van der Waals surface area contributed by atoms with Crippen LogP contribution in [0.5, 0.6) is 0 Å². The summed E-state index contributed by atoms with van der Waals surface area (Å²) in [5.41, 5.74) is 8.31. The molecule has 0 saturated carbocycles. The molecule has 1 aromatic heterocycles. The molecule has 4 N–H and O–H groups in total. The molecule has 0 aliphatic heterocycles. The van der Waals surface area contributed by atoms with Crippen molar-refractivity contribution in [3.05, 3.63) is 76.2 Å². The molecule has 1 atom stereocenters. The fourth-order valence-corrected chi connectivity index (χ4v) is 4.21. The second-order valence-electron chi connectivity index (χ2n) is 7.48. The molecule has 4 rings (SSSR count). The number of carbonyl (C=O) groups excluding carboxylic acids is 1. The Morgan fingerprint density at radius 1 is 1.31 bits per heavy atom. The van der Waals surface area contributed by atoms with Gasteiger partial charge in [-0.15, -0.1) is 0 Å². The van der Waals surface area contributed by atoms with Gasteiger partial charge in [-0.05, 0) is 79.3 Å². The Labute approximate surface area is 168 Å². The summed E-state index contributed by atoms with van der Waals surface area (Å²) in [6, 6.07) is 11.3.